The highest BCUT2D eigenvalue weighted by atomic mass is 35.5. The lowest BCUT2D eigenvalue weighted by Crippen LogP contribution is -2.15. The first-order valence-electron chi connectivity index (χ1n) is 10.8. The van der Waals surface area contributed by atoms with E-state index < -0.39 is 0 Å². The van der Waals surface area contributed by atoms with Gasteiger partial charge in [-0.3, -0.25) is 14.2 Å². The molecule has 7 nitrogen and oxygen atoms in total. The van der Waals surface area contributed by atoms with Crippen molar-refractivity contribution < 1.29 is 14.3 Å². The van der Waals surface area contributed by atoms with Crippen LogP contribution in [0.1, 0.15) is 28.7 Å². The molecule has 0 aliphatic carbocycles. The maximum Gasteiger partial charge on any atom is 0.234 e. The van der Waals surface area contributed by atoms with Crippen LogP contribution in [0.5, 0.6) is 5.75 Å². The summed E-state index contributed by atoms with van der Waals surface area (Å²) in [5.41, 5.74) is 3.01. The minimum atomic E-state index is -0.192. The van der Waals surface area contributed by atoms with Crippen molar-refractivity contribution in [3.63, 3.8) is 0 Å². The maximum absolute atomic E-state index is 12.5. The summed E-state index contributed by atoms with van der Waals surface area (Å²) in [5, 5.41) is 12.7. The van der Waals surface area contributed by atoms with Crippen molar-refractivity contribution in [1.29, 1.82) is 0 Å². The van der Waals surface area contributed by atoms with E-state index in [0.717, 1.165) is 11.3 Å². The van der Waals surface area contributed by atoms with Crippen LogP contribution >= 0.6 is 23.4 Å². The Balaban J connectivity index is 1.47. The molecule has 1 N–H and O–H groups in total. The van der Waals surface area contributed by atoms with Gasteiger partial charge in [-0.25, -0.2) is 0 Å². The van der Waals surface area contributed by atoms with Crippen molar-refractivity contribution in [1.82, 2.24) is 14.8 Å². The Morgan fingerprint density at radius 3 is 2.46 bits per heavy atom. The number of Topliss-reactive ketones (excluding diaryl/α,β-unsaturated/α-hetero) is 1. The second-order valence-corrected chi connectivity index (χ2v) is 9.09. The van der Waals surface area contributed by atoms with Crippen LogP contribution in [-0.2, 0) is 11.4 Å². The van der Waals surface area contributed by atoms with Crippen LogP contribution < -0.4 is 10.1 Å². The normalized spacial score (nSPS) is 10.7. The van der Waals surface area contributed by atoms with E-state index in [1.54, 1.807) is 30.3 Å². The van der Waals surface area contributed by atoms with Gasteiger partial charge < -0.3 is 10.1 Å². The minimum Gasteiger partial charge on any atom is -0.486 e. The summed E-state index contributed by atoms with van der Waals surface area (Å²) in [4.78, 5) is 24.0. The first-order valence-corrected chi connectivity index (χ1v) is 12.2. The van der Waals surface area contributed by atoms with Gasteiger partial charge in [-0.2, -0.15) is 0 Å². The van der Waals surface area contributed by atoms with Crippen LogP contribution in [0.4, 0.5) is 5.69 Å². The highest BCUT2D eigenvalue weighted by molar-refractivity contribution is 7.99. The SMILES string of the molecule is CC(=O)c1ccc(NC(=O)CSc2nnc(COc3ccc(Cl)c(C)c3)n2-c2ccccc2)cc1. The molecule has 0 bridgehead atoms. The lowest BCUT2D eigenvalue weighted by atomic mass is 10.1. The molecular formula is C26H23ClN4O3S. The molecule has 9 heteroatoms. The van der Waals surface area contributed by atoms with Crippen molar-refractivity contribution in [3.05, 3.63) is 94.8 Å². The zero-order valence-electron chi connectivity index (χ0n) is 19.2. The Labute approximate surface area is 212 Å². The molecule has 4 rings (SSSR count). The Hall–Kier alpha value is -3.62. The van der Waals surface area contributed by atoms with E-state index in [0.29, 0.717) is 33.0 Å². The number of ether oxygens (including phenoxy) is 1. The number of para-hydroxylation sites is 1. The van der Waals surface area contributed by atoms with Gasteiger partial charge in [0, 0.05) is 22.0 Å². The first kappa shape index (κ1) is 24.5. The second kappa shape index (κ2) is 11.2. The highest BCUT2D eigenvalue weighted by Crippen LogP contribution is 2.25. The van der Waals surface area contributed by atoms with Gasteiger partial charge in [0.2, 0.25) is 5.91 Å². The Kier molecular flexibility index (Phi) is 7.84. The molecule has 0 atom stereocenters. The summed E-state index contributed by atoms with van der Waals surface area (Å²) in [7, 11) is 0. The van der Waals surface area contributed by atoms with Crippen molar-refractivity contribution in [3.8, 4) is 11.4 Å². The number of carbonyl (C=O) groups is 2. The summed E-state index contributed by atoms with van der Waals surface area (Å²) >= 11 is 7.38. The number of hydrogen-bond donors (Lipinski definition) is 1. The molecule has 35 heavy (non-hydrogen) atoms. The number of thioether (sulfide) groups is 1. The number of aromatic nitrogens is 3. The lowest BCUT2D eigenvalue weighted by molar-refractivity contribution is -0.113. The number of anilines is 1. The average molecular weight is 507 g/mol. The summed E-state index contributed by atoms with van der Waals surface area (Å²) < 4.78 is 7.82. The lowest BCUT2D eigenvalue weighted by Gasteiger charge is -2.12. The van der Waals surface area contributed by atoms with E-state index in [2.05, 4.69) is 15.5 Å². The van der Waals surface area contributed by atoms with Gasteiger partial charge in [0.25, 0.3) is 0 Å². The van der Waals surface area contributed by atoms with Gasteiger partial charge in [-0.05, 0) is 74.0 Å². The van der Waals surface area contributed by atoms with Crippen molar-refractivity contribution in [2.75, 3.05) is 11.1 Å². The number of ketones is 1. The number of hydrogen-bond acceptors (Lipinski definition) is 6. The molecule has 0 spiro atoms. The summed E-state index contributed by atoms with van der Waals surface area (Å²) in [6.45, 7) is 3.61. The molecule has 178 valence electrons. The number of carbonyl (C=O) groups excluding carboxylic acids is 2. The van der Waals surface area contributed by atoms with E-state index in [1.807, 2.05) is 54.0 Å². The molecule has 0 aliphatic heterocycles. The summed E-state index contributed by atoms with van der Waals surface area (Å²) in [5.74, 6) is 1.20. The quantitative estimate of drug-likeness (QED) is 0.230. The predicted octanol–water partition coefficient (Wildman–Crippen LogP) is 5.74. The number of aryl methyl sites for hydroxylation is 1. The van der Waals surface area contributed by atoms with Crippen LogP contribution in [0.3, 0.4) is 0 Å². The Bertz CT molecular complexity index is 1340. The third-order valence-electron chi connectivity index (χ3n) is 5.12. The van der Waals surface area contributed by atoms with E-state index in [-0.39, 0.29) is 24.1 Å². The number of amides is 1. The van der Waals surface area contributed by atoms with E-state index >= 15 is 0 Å². The van der Waals surface area contributed by atoms with E-state index in [9.17, 15) is 9.59 Å². The fourth-order valence-electron chi connectivity index (χ4n) is 3.29. The van der Waals surface area contributed by atoms with Gasteiger partial charge in [-0.15, -0.1) is 10.2 Å². The summed E-state index contributed by atoms with van der Waals surface area (Å²) in [6, 6.07) is 21.9. The zero-order valence-corrected chi connectivity index (χ0v) is 20.8. The molecular weight excluding hydrogens is 484 g/mol. The van der Waals surface area contributed by atoms with E-state index in [1.165, 1.54) is 18.7 Å². The molecule has 0 saturated heterocycles. The standard InChI is InChI=1S/C26H23ClN4O3S/c1-17-14-22(12-13-23(17)27)34-15-24-29-30-26(31(24)21-6-4-3-5-7-21)35-16-25(33)28-20-10-8-19(9-11-20)18(2)32/h3-14H,15-16H2,1-2H3,(H,28,33). The van der Waals surface area contributed by atoms with Gasteiger partial charge in [0.05, 0.1) is 5.75 Å². The van der Waals surface area contributed by atoms with Crippen LogP contribution in [0.25, 0.3) is 5.69 Å². The minimum absolute atomic E-state index is 0.0235. The average Bonchev–Trinajstić information content (AvgIpc) is 3.27. The van der Waals surface area contributed by atoms with Crippen molar-refractivity contribution >= 4 is 40.7 Å². The molecule has 4 aromatic rings. The van der Waals surface area contributed by atoms with Gasteiger partial charge in [0.1, 0.15) is 12.4 Å². The molecule has 0 fully saturated rings. The fraction of sp³-hybridized carbons (Fsp3) is 0.154. The molecule has 0 unspecified atom stereocenters. The fourth-order valence-corrected chi connectivity index (χ4v) is 4.18. The predicted molar refractivity (Wildman–Crippen MR) is 138 cm³/mol. The summed E-state index contributed by atoms with van der Waals surface area (Å²) in [6.07, 6.45) is 0. The van der Waals surface area contributed by atoms with Gasteiger partial charge in [0.15, 0.2) is 16.8 Å². The molecule has 0 radical (unpaired) electrons. The molecule has 0 aliphatic rings. The molecule has 3 aromatic carbocycles. The molecule has 0 saturated carbocycles. The number of halogens is 1. The largest absolute Gasteiger partial charge is 0.486 e. The number of nitrogens with one attached hydrogen (secondary N) is 1. The van der Waals surface area contributed by atoms with Crippen LogP contribution in [-0.4, -0.2) is 32.2 Å². The monoisotopic (exact) mass is 506 g/mol. The Morgan fingerprint density at radius 1 is 1.03 bits per heavy atom. The number of nitrogens with zero attached hydrogens (tertiary/aromatic N) is 3. The van der Waals surface area contributed by atoms with E-state index in [4.69, 9.17) is 16.3 Å². The topological polar surface area (TPSA) is 86.1 Å². The molecule has 1 amide bonds. The van der Waals surface area contributed by atoms with Gasteiger partial charge >= 0.3 is 0 Å². The molecule has 1 heterocycles. The van der Waals surface area contributed by atoms with Crippen LogP contribution in [0, 0.1) is 6.92 Å². The highest BCUT2D eigenvalue weighted by Gasteiger charge is 2.17. The third kappa shape index (κ3) is 6.29. The van der Waals surface area contributed by atoms with Crippen LogP contribution in [0.2, 0.25) is 5.02 Å². The van der Waals surface area contributed by atoms with Crippen LogP contribution in [0.15, 0.2) is 78.0 Å². The molecule has 1 aromatic heterocycles. The first-order chi connectivity index (χ1) is 16.9. The number of benzene rings is 3. The number of rotatable bonds is 9. The Morgan fingerprint density at radius 2 is 1.77 bits per heavy atom. The third-order valence-corrected chi connectivity index (χ3v) is 6.47. The smallest absolute Gasteiger partial charge is 0.234 e. The van der Waals surface area contributed by atoms with Gasteiger partial charge in [-0.1, -0.05) is 41.6 Å². The zero-order chi connectivity index (χ0) is 24.8. The maximum atomic E-state index is 12.5. The van der Waals surface area contributed by atoms with Crippen molar-refractivity contribution in [2.24, 2.45) is 0 Å². The second-order valence-electron chi connectivity index (χ2n) is 7.74. The van der Waals surface area contributed by atoms with Crippen molar-refractivity contribution in [2.45, 2.75) is 25.6 Å².